The molecule has 0 saturated heterocycles. The second-order valence-corrected chi connectivity index (χ2v) is 6.73. The second-order valence-electron chi connectivity index (χ2n) is 5.35. The highest BCUT2D eigenvalue weighted by Gasteiger charge is 2.21. The molecule has 1 aromatic carbocycles. The third-order valence-electron chi connectivity index (χ3n) is 3.75. The maximum atomic E-state index is 11.4. The molecular weight excluding hydrogens is 318 g/mol. The van der Waals surface area contributed by atoms with Crippen molar-refractivity contribution < 1.29 is 13.7 Å². The van der Waals surface area contributed by atoms with Crippen LogP contribution in [0, 0.1) is 6.92 Å². The average Bonchev–Trinajstić information content (AvgIpc) is 3.17. The maximum absolute atomic E-state index is 11.4. The van der Waals surface area contributed by atoms with Gasteiger partial charge in [-0.15, -0.1) is 11.3 Å². The van der Waals surface area contributed by atoms with Gasteiger partial charge in [-0.3, -0.25) is 0 Å². The highest BCUT2D eigenvalue weighted by atomic mass is 32.1. The molecular formula is C16H17NO3S2. The van der Waals surface area contributed by atoms with Gasteiger partial charge < -0.3 is 8.92 Å². The molecule has 2 aromatic rings. The summed E-state index contributed by atoms with van der Waals surface area (Å²) in [6.45, 7) is 1.97. The largest absolute Gasteiger partial charge is 0.473 e. The molecule has 1 aliphatic carbocycles. The predicted molar refractivity (Wildman–Crippen MR) is 89.6 cm³/mol. The number of aryl methyl sites for hydroxylation is 1. The molecule has 1 aliphatic rings. The maximum Gasteiger partial charge on any atom is 0.349 e. The number of hydrogen-bond donors (Lipinski definition) is 1. The normalized spacial score (nSPS) is 15.0. The molecule has 0 aliphatic heterocycles. The Morgan fingerprint density at radius 2 is 1.95 bits per heavy atom. The molecule has 1 saturated carbocycles. The van der Waals surface area contributed by atoms with Crippen LogP contribution in [0.1, 0.15) is 41.0 Å². The number of rotatable bonds is 4. The van der Waals surface area contributed by atoms with Gasteiger partial charge in [-0.2, -0.15) is 0 Å². The molecule has 0 unspecified atom stereocenters. The first-order valence-electron chi connectivity index (χ1n) is 7.27. The first-order chi connectivity index (χ1) is 10.7. The number of benzene rings is 1. The monoisotopic (exact) mass is 335 g/mol. The van der Waals surface area contributed by atoms with Gasteiger partial charge in [0.15, 0.2) is 0 Å². The van der Waals surface area contributed by atoms with Gasteiger partial charge in [-0.05, 0) is 50.3 Å². The Balaban J connectivity index is 1.85. The fourth-order valence-corrected chi connectivity index (χ4v) is 3.61. The van der Waals surface area contributed by atoms with Crippen LogP contribution >= 0.6 is 24.2 Å². The molecule has 0 atom stereocenters. The Kier molecular flexibility index (Phi) is 4.69. The smallest absolute Gasteiger partial charge is 0.349 e. The van der Waals surface area contributed by atoms with Crippen molar-refractivity contribution in [3.63, 3.8) is 0 Å². The molecule has 22 heavy (non-hydrogen) atoms. The number of thiol groups is 1. The quantitative estimate of drug-likeness (QED) is 0.663. The molecule has 1 heterocycles. The molecule has 4 nitrogen and oxygen atoms in total. The van der Waals surface area contributed by atoms with Crippen molar-refractivity contribution in [3.8, 4) is 16.3 Å². The minimum absolute atomic E-state index is 0.277. The molecule has 0 N–H and O–H groups in total. The number of carbonyl (C=O) groups excluding carboxylic acids is 1. The average molecular weight is 335 g/mol. The summed E-state index contributed by atoms with van der Waals surface area (Å²) in [5.41, 5.74) is 1.47. The summed E-state index contributed by atoms with van der Waals surface area (Å²) in [5.74, 6) is 0.247. The molecule has 1 aromatic heterocycles. The highest BCUT2D eigenvalue weighted by Crippen LogP contribution is 2.37. The van der Waals surface area contributed by atoms with E-state index in [0.717, 1.165) is 28.3 Å². The number of ether oxygens (including phenoxy) is 1. The van der Waals surface area contributed by atoms with E-state index in [1.165, 1.54) is 12.8 Å². The first-order valence-corrected chi connectivity index (χ1v) is 8.46. The van der Waals surface area contributed by atoms with E-state index in [2.05, 4.69) is 22.1 Å². The van der Waals surface area contributed by atoms with Crippen LogP contribution in [0.2, 0.25) is 0 Å². The minimum Gasteiger partial charge on any atom is -0.473 e. The fraction of sp³-hybridized carbons (Fsp3) is 0.375. The van der Waals surface area contributed by atoms with Gasteiger partial charge in [0.25, 0.3) is 0 Å². The third kappa shape index (κ3) is 3.28. The molecule has 3 rings (SSSR count). The van der Waals surface area contributed by atoms with Crippen LogP contribution in [0.25, 0.3) is 10.4 Å². The van der Waals surface area contributed by atoms with Crippen molar-refractivity contribution in [2.24, 2.45) is 0 Å². The van der Waals surface area contributed by atoms with E-state index in [1.54, 1.807) is 23.5 Å². The van der Waals surface area contributed by atoms with Gasteiger partial charge in [0.2, 0.25) is 5.88 Å². The van der Waals surface area contributed by atoms with Gasteiger partial charge in [0.05, 0.1) is 15.4 Å². The summed E-state index contributed by atoms with van der Waals surface area (Å²) >= 11 is 5.13. The van der Waals surface area contributed by atoms with E-state index in [1.807, 2.05) is 19.1 Å². The molecule has 1 fully saturated rings. The van der Waals surface area contributed by atoms with Gasteiger partial charge in [-0.25, -0.2) is 9.78 Å². The Morgan fingerprint density at radius 3 is 2.59 bits per heavy atom. The van der Waals surface area contributed by atoms with Crippen molar-refractivity contribution in [3.05, 3.63) is 34.8 Å². The Hall–Kier alpha value is -1.53. The second kappa shape index (κ2) is 6.71. The molecule has 0 spiro atoms. The van der Waals surface area contributed by atoms with E-state index >= 15 is 0 Å². The van der Waals surface area contributed by atoms with Gasteiger partial charge in [0, 0.05) is 12.9 Å². The van der Waals surface area contributed by atoms with Crippen LogP contribution in [0.4, 0.5) is 0 Å². The molecule has 116 valence electrons. The van der Waals surface area contributed by atoms with Gasteiger partial charge in [-0.1, -0.05) is 12.1 Å². The van der Waals surface area contributed by atoms with Crippen molar-refractivity contribution in [2.45, 2.75) is 38.7 Å². The zero-order valence-corrected chi connectivity index (χ0v) is 14.0. The number of nitrogens with zero attached hydrogens (tertiary/aromatic N) is 1. The Labute approximate surface area is 139 Å². The molecule has 6 heteroatoms. The standard InChI is InChI=1S/C16H17NO3S2/c1-10-17-15(19-13-4-2-3-5-13)14(22-10)11-6-8-12(9-7-11)16(18)20-21/h6-9,13,21H,2-5H2,1H3. The van der Waals surface area contributed by atoms with E-state index in [9.17, 15) is 4.79 Å². The van der Waals surface area contributed by atoms with Crippen molar-refractivity contribution >= 4 is 30.2 Å². The van der Waals surface area contributed by atoms with Gasteiger partial charge in [0.1, 0.15) is 6.10 Å². The number of carbonyl (C=O) groups is 1. The van der Waals surface area contributed by atoms with Crippen LogP contribution in [-0.4, -0.2) is 17.1 Å². The summed E-state index contributed by atoms with van der Waals surface area (Å²) in [4.78, 5) is 17.0. The summed E-state index contributed by atoms with van der Waals surface area (Å²) < 4.78 is 10.5. The summed E-state index contributed by atoms with van der Waals surface area (Å²) in [5, 5.41) is 0.974. The lowest BCUT2D eigenvalue weighted by Crippen LogP contribution is -2.11. The van der Waals surface area contributed by atoms with Crippen LogP contribution in [0.3, 0.4) is 0 Å². The van der Waals surface area contributed by atoms with E-state index in [-0.39, 0.29) is 6.10 Å². The van der Waals surface area contributed by atoms with E-state index < -0.39 is 5.97 Å². The van der Waals surface area contributed by atoms with Crippen molar-refractivity contribution in [1.29, 1.82) is 0 Å². The number of hydrogen-bond acceptors (Lipinski definition) is 6. The van der Waals surface area contributed by atoms with Crippen LogP contribution in [-0.2, 0) is 4.18 Å². The summed E-state index contributed by atoms with van der Waals surface area (Å²) in [6.07, 6.45) is 4.93. The zero-order valence-electron chi connectivity index (χ0n) is 12.2. The summed E-state index contributed by atoms with van der Waals surface area (Å²) in [7, 11) is 0. The van der Waals surface area contributed by atoms with Crippen LogP contribution in [0.15, 0.2) is 24.3 Å². The fourth-order valence-electron chi connectivity index (χ4n) is 2.64. The number of thiazole rings is 1. The first kappa shape index (κ1) is 15.4. The summed E-state index contributed by atoms with van der Waals surface area (Å²) in [6, 6.07) is 7.22. The lowest BCUT2D eigenvalue weighted by Gasteiger charge is -2.12. The lowest BCUT2D eigenvalue weighted by atomic mass is 10.1. The topological polar surface area (TPSA) is 48.4 Å². The molecule has 0 radical (unpaired) electrons. The molecule has 0 amide bonds. The van der Waals surface area contributed by atoms with E-state index in [4.69, 9.17) is 4.74 Å². The third-order valence-corrected chi connectivity index (χ3v) is 4.92. The lowest BCUT2D eigenvalue weighted by molar-refractivity contribution is 0.0772. The van der Waals surface area contributed by atoms with Crippen molar-refractivity contribution in [1.82, 2.24) is 4.98 Å². The Morgan fingerprint density at radius 1 is 1.27 bits per heavy atom. The van der Waals surface area contributed by atoms with E-state index in [0.29, 0.717) is 11.4 Å². The van der Waals surface area contributed by atoms with Gasteiger partial charge >= 0.3 is 5.97 Å². The highest BCUT2D eigenvalue weighted by molar-refractivity contribution is 7.75. The predicted octanol–water partition coefficient (Wildman–Crippen LogP) is 4.44. The Bertz CT molecular complexity index is 661. The number of aromatic nitrogens is 1. The minimum atomic E-state index is -0.460. The molecule has 0 bridgehead atoms. The SMILES string of the molecule is Cc1nc(OC2CCCC2)c(-c2ccc(C(=O)OS)cc2)s1. The van der Waals surface area contributed by atoms with Crippen LogP contribution in [0.5, 0.6) is 5.88 Å². The van der Waals surface area contributed by atoms with Crippen molar-refractivity contribution in [2.75, 3.05) is 0 Å². The zero-order chi connectivity index (χ0) is 15.5. The van der Waals surface area contributed by atoms with Crippen LogP contribution < -0.4 is 4.74 Å².